The van der Waals surface area contributed by atoms with Crippen LogP contribution in [0.25, 0.3) is 11.4 Å². The summed E-state index contributed by atoms with van der Waals surface area (Å²) in [5.74, 6) is 0.970. The molecule has 1 saturated carbocycles. The molecule has 82 valence electrons. The number of hydrogen-bond acceptors (Lipinski definition) is 2. The molecule has 0 radical (unpaired) electrons. The van der Waals surface area contributed by atoms with Crippen molar-refractivity contribution in [1.29, 1.82) is 0 Å². The van der Waals surface area contributed by atoms with Gasteiger partial charge in [-0.1, -0.05) is 18.2 Å². The summed E-state index contributed by atoms with van der Waals surface area (Å²) >= 11 is 3.62. The molecule has 3 rings (SSSR count). The molecule has 0 N–H and O–H groups in total. The van der Waals surface area contributed by atoms with Gasteiger partial charge in [-0.3, -0.25) is 0 Å². The summed E-state index contributed by atoms with van der Waals surface area (Å²) < 4.78 is 3.30. The van der Waals surface area contributed by atoms with E-state index in [2.05, 4.69) is 55.8 Å². The fraction of sp³-hybridized carbons (Fsp3) is 0.333. The molecule has 4 heteroatoms. The van der Waals surface area contributed by atoms with Crippen LogP contribution in [0.4, 0.5) is 0 Å². The van der Waals surface area contributed by atoms with Crippen LogP contribution in [0.1, 0.15) is 24.4 Å². The summed E-state index contributed by atoms with van der Waals surface area (Å²) in [6, 6.07) is 6.84. The van der Waals surface area contributed by atoms with Crippen molar-refractivity contribution in [3.05, 3.63) is 34.6 Å². The Morgan fingerprint density at radius 3 is 2.94 bits per heavy atom. The molecule has 1 aromatic carbocycles. The zero-order valence-electron chi connectivity index (χ0n) is 9.02. The first kappa shape index (κ1) is 10.0. The van der Waals surface area contributed by atoms with Gasteiger partial charge < -0.3 is 4.57 Å². The fourth-order valence-corrected chi connectivity index (χ4v) is 2.32. The van der Waals surface area contributed by atoms with E-state index in [1.165, 1.54) is 18.4 Å². The first-order valence-corrected chi connectivity index (χ1v) is 6.21. The van der Waals surface area contributed by atoms with Gasteiger partial charge in [0.25, 0.3) is 0 Å². The molecule has 1 fully saturated rings. The third-order valence-electron chi connectivity index (χ3n) is 2.95. The van der Waals surface area contributed by atoms with E-state index in [1.54, 1.807) is 0 Å². The van der Waals surface area contributed by atoms with Crippen LogP contribution in [0, 0.1) is 6.92 Å². The molecule has 1 aliphatic rings. The van der Waals surface area contributed by atoms with E-state index in [0.717, 1.165) is 15.9 Å². The predicted molar refractivity (Wildman–Crippen MR) is 66.2 cm³/mol. The largest absolute Gasteiger partial charge is 0.310 e. The lowest BCUT2D eigenvalue weighted by Crippen LogP contribution is -1.97. The number of aromatic nitrogens is 3. The van der Waals surface area contributed by atoms with E-state index in [4.69, 9.17) is 0 Å². The average Bonchev–Trinajstić information content (AvgIpc) is 3.01. The van der Waals surface area contributed by atoms with Crippen molar-refractivity contribution in [3.8, 4) is 11.4 Å². The maximum absolute atomic E-state index is 4.23. The van der Waals surface area contributed by atoms with Gasteiger partial charge in [0.1, 0.15) is 6.33 Å². The number of hydrogen-bond donors (Lipinski definition) is 0. The van der Waals surface area contributed by atoms with Gasteiger partial charge in [-0.15, -0.1) is 10.2 Å². The number of halogens is 1. The summed E-state index contributed by atoms with van der Waals surface area (Å²) in [5.41, 5.74) is 2.35. The Morgan fingerprint density at radius 1 is 1.38 bits per heavy atom. The van der Waals surface area contributed by atoms with Crippen LogP contribution < -0.4 is 0 Å². The van der Waals surface area contributed by atoms with Crippen LogP contribution in [0.5, 0.6) is 0 Å². The van der Waals surface area contributed by atoms with Gasteiger partial charge in [0.2, 0.25) is 0 Å². The van der Waals surface area contributed by atoms with E-state index in [-0.39, 0.29) is 0 Å². The smallest absolute Gasteiger partial charge is 0.165 e. The number of nitrogens with zero attached hydrogens (tertiary/aromatic N) is 3. The maximum Gasteiger partial charge on any atom is 0.165 e. The second-order valence-electron chi connectivity index (χ2n) is 4.23. The molecule has 3 nitrogen and oxygen atoms in total. The van der Waals surface area contributed by atoms with Gasteiger partial charge in [0, 0.05) is 16.1 Å². The molecule has 0 amide bonds. The fourth-order valence-electron chi connectivity index (χ4n) is 1.88. The highest BCUT2D eigenvalue weighted by atomic mass is 79.9. The number of aryl methyl sites for hydroxylation is 1. The first-order valence-electron chi connectivity index (χ1n) is 5.42. The summed E-state index contributed by atoms with van der Waals surface area (Å²) in [6.45, 7) is 2.09. The normalized spacial score (nSPS) is 15.4. The molecule has 0 bridgehead atoms. The summed E-state index contributed by atoms with van der Waals surface area (Å²) in [7, 11) is 0. The van der Waals surface area contributed by atoms with Gasteiger partial charge in [0.05, 0.1) is 0 Å². The lowest BCUT2D eigenvalue weighted by atomic mass is 10.1. The van der Waals surface area contributed by atoms with E-state index < -0.39 is 0 Å². The molecule has 0 unspecified atom stereocenters. The monoisotopic (exact) mass is 277 g/mol. The molecule has 0 aliphatic heterocycles. The highest BCUT2D eigenvalue weighted by molar-refractivity contribution is 9.10. The Kier molecular flexibility index (Phi) is 2.32. The Balaban J connectivity index is 2.14. The van der Waals surface area contributed by atoms with Gasteiger partial charge in [-0.2, -0.15) is 0 Å². The minimum absolute atomic E-state index is 0.609. The Labute approximate surface area is 103 Å². The van der Waals surface area contributed by atoms with Crippen LogP contribution in [0.2, 0.25) is 0 Å². The zero-order valence-corrected chi connectivity index (χ0v) is 10.6. The van der Waals surface area contributed by atoms with Gasteiger partial charge >= 0.3 is 0 Å². The van der Waals surface area contributed by atoms with Crippen molar-refractivity contribution in [3.63, 3.8) is 0 Å². The molecule has 1 aromatic heterocycles. The van der Waals surface area contributed by atoms with Gasteiger partial charge in [-0.05, 0) is 41.3 Å². The summed E-state index contributed by atoms with van der Waals surface area (Å²) in [4.78, 5) is 0. The molecule has 0 spiro atoms. The molecule has 1 aliphatic carbocycles. The van der Waals surface area contributed by atoms with Crippen LogP contribution in [-0.4, -0.2) is 14.8 Å². The Bertz CT molecular complexity index is 529. The second-order valence-corrected chi connectivity index (χ2v) is 5.02. The van der Waals surface area contributed by atoms with Crippen LogP contribution in [0.15, 0.2) is 29.0 Å². The molecule has 2 aromatic rings. The number of rotatable bonds is 2. The van der Waals surface area contributed by atoms with Crippen molar-refractivity contribution in [2.24, 2.45) is 0 Å². The maximum atomic E-state index is 4.23. The quantitative estimate of drug-likeness (QED) is 0.843. The van der Waals surface area contributed by atoms with Crippen molar-refractivity contribution >= 4 is 15.9 Å². The molecule has 1 heterocycles. The van der Waals surface area contributed by atoms with E-state index >= 15 is 0 Å². The zero-order chi connectivity index (χ0) is 11.1. The van der Waals surface area contributed by atoms with E-state index in [9.17, 15) is 0 Å². The lowest BCUT2D eigenvalue weighted by Gasteiger charge is -2.08. The van der Waals surface area contributed by atoms with Gasteiger partial charge in [-0.25, -0.2) is 0 Å². The van der Waals surface area contributed by atoms with Crippen LogP contribution in [0.3, 0.4) is 0 Å². The third kappa shape index (κ3) is 1.57. The van der Waals surface area contributed by atoms with E-state index in [1.807, 2.05) is 6.33 Å². The van der Waals surface area contributed by atoms with Crippen molar-refractivity contribution < 1.29 is 0 Å². The van der Waals surface area contributed by atoms with Crippen molar-refractivity contribution in [2.75, 3.05) is 0 Å². The summed E-state index contributed by atoms with van der Waals surface area (Å²) in [6.07, 6.45) is 4.32. The lowest BCUT2D eigenvalue weighted by molar-refractivity contribution is 0.745. The topological polar surface area (TPSA) is 30.7 Å². The Morgan fingerprint density at radius 2 is 2.19 bits per heavy atom. The molecule has 0 saturated heterocycles. The molecule has 0 atom stereocenters. The van der Waals surface area contributed by atoms with Crippen LogP contribution in [-0.2, 0) is 0 Å². The van der Waals surface area contributed by atoms with E-state index in [0.29, 0.717) is 6.04 Å². The molecular weight excluding hydrogens is 266 g/mol. The second kappa shape index (κ2) is 3.70. The minimum Gasteiger partial charge on any atom is -0.310 e. The SMILES string of the molecule is Cc1cccc(-c2nncn2C2CC2)c1Br. The Hall–Kier alpha value is -1.16. The molecular formula is C12H12BrN3. The number of benzene rings is 1. The predicted octanol–water partition coefficient (Wildman–Crippen LogP) is 3.35. The highest BCUT2D eigenvalue weighted by Crippen LogP contribution is 2.39. The summed E-state index contributed by atoms with van der Waals surface area (Å²) in [5, 5.41) is 8.26. The molecule has 16 heavy (non-hydrogen) atoms. The minimum atomic E-state index is 0.609. The van der Waals surface area contributed by atoms with Crippen molar-refractivity contribution in [1.82, 2.24) is 14.8 Å². The van der Waals surface area contributed by atoms with Crippen molar-refractivity contribution in [2.45, 2.75) is 25.8 Å². The average molecular weight is 278 g/mol. The van der Waals surface area contributed by atoms with Crippen LogP contribution >= 0.6 is 15.9 Å². The third-order valence-corrected chi connectivity index (χ3v) is 4.00. The first-order chi connectivity index (χ1) is 7.77. The van der Waals surface area contributed by atoms with Gasteiger partial charge in [0.15, 0.2) is 5.82 Å². The standard InChI is InChI=1S/C12H12BrN3/c1-8-3-2-4-10(11(8)13)12-15-14-7-16(12)9-5-6-9/h2-4,7,9H,5-6H2,1H3. The highest BCUT2D eigenvalue weighted by Gasteiger charge is 2.27.